The maximum absolute atomic E-state index is 11.6. The Bertz CT molecular complexity index is 355. The van der Waals surface area contributed by atoms with E-state index in [2.05, 4.69) is 28.0 Å². The smallest absolute Gasteiger partial charge is 0.266 e. The molecule has 0 saturated carbocycles. The maximum atomic E-state index is 11.6. The molecule has 0 aromatic heterocycles. The number of amides is 1. The Morgan fingerprint density at radius 1 is 1.50 bits per heavy atom. The molecule has 0 bridgehead atoms. The van der Waals surface area contributed by atoms with E-state index in [1.165, 1.54) is 0 Å². The van der Waals surface area contributed by atoms with Gasteiger partial charge in [-0.3, -0.25) is 10.2 Å². The SMILES string of the molecule is CN(C)NC(=O)c1cc(Cl)ccc1I. The van der Waals surface area contributed by atoms with Gasteiger partial charge in [-0.15, -0.1) is 0 Å². The second-order valence-corrected chi connectivity index (χ2v) is 4.56. The fourth-order valence-electron chi connectivity index (χ4n) is 0.935. The summed E-state index contributed by atoms with van der Waals surface area (Å²) in [6, 6.07) is 5.23. The van der Waals surface area contributed by atoms with Crippen molar-refractivity contribution in [2.24, 2.45) is 0 Å². The number of rotatable bonds is 2. The molecule has 0 aliphatic rings. The van der Waals surface area contributed by atoms with Gasteiger partial charge in [-0.25, -0.2) is 5.01 Å². The van der Waals surface area contributed by atoms with Crippen molar-refractivity contribution >= 4 is 40.1 Å². The van der Waals surface area contributed by atoms with Gasteiger partial charge >= 0.3 is 0 Å². The third-order valence-electron chi connectivity index (χ3n) is 1.50. The number of carbonyl (C=O) groups excluding carboxylic acids is 1. The van der Waals surface area contributed by atoms with Gasteiger partial charge in [-0.2, -0.15) is 0 Å². The van der Waals surface area contributed by atoms with E-state index in [4.69, 9.17) is 11.6 Å². The van der Waals surface area contributed by atoms with Crippen molar-refractivity contribution in [2.75, 3.05) is 14.1 Å². The van der Waals surface area contributed by atoms with Crippen LogP contribution < -0.4 is 5.43 Å². The minimum atomic E-state index is -0.151. The average Bonchev–Trinajstić information content (AvgIpc) is 2.08. The molecule has 0 atom stereocenters. The van der Waals surface area contributed by atoms with Crippen molar-refractivity contribution in [2.45, 2.75) is 0 Å². The van der Waals surface area contributed by atoms with Crippen LogP contribution in [0.15, 0.2) is 18.2 Å². The molecule has 1 rings (SSSR count). The Morgan fingerprint density at radius 2 is 2.14 bits per heavy atom. The molecule has 1 aromatic rings. The topological polar surface area (TPSA) is 32.3 Å². The van der Waals surface area contributed by atoms with Crippen molar-refractivity contribution in [3.63, 3.8) is 0 Å². The van der Waals surface area contributed by atoms with E-state index in [9.17, 15) is 4.79 Å². The number of carbonyl (C=O) groups is 1. The fraction of sp³-hybridized carbons (Fsp3) is 0.222. The highest BCUT2D eigenvalue weighted by molar-refractivity contribution is 14.1. The van der Waals surface area contributed by atoms with Crippen LogP contribution in [0.5, 0.6) is 0 Å². The van der Waals surface area contributed by atoms with E-state index >= 15 is 0 Å². The Hall–Kier alpha value is -0.330. The second-order valence-electron chi connectivity index (χ2n) is 2.96. The van der Waals surface area contributed by atoms with Gasteiger partial charge in [0.1, 0.15) is 0 Å². The van der Waals surface area contributed by atoms with Crippen molar-refractivity contribution in [3.8, 4) is 0 Å². The Morgan fingerprint density at radius 3 is 2.71 bits per heavy atom. The van der Waals surface area contributed by atoms with Gasteiger partial charge in [0.2, 0.25) is 0 Å². The molecule has 1 aromatic carbocycles. The Labute approximate surface area is 102 Å². The fourth-order valence-corrected chi connectivity index (χ4v) is 1.69. The van der Waals surface area contributed by atoms with Gasteiger partial charge in [0.05, 0.1) is 5.56 Å². The standard InChI is InChI=1S/C9H10ClIN2O/c1-13(2)12-9(14)7-5-6(10)3-4-8(7)11/h3-5H,1-2H3,(H,12,14). The van der Waals surface area contributed by atoms with Crippen LogP contribution in [-0.4, -0.2) is 25.0 Å². The summed E-state index contributed by atoms with van der Waals surface area (Å²) in [6.45, 7) is 0. The third-order valence-corrected chi connectivity index (χ3v) is 2.67. The molecule has 5 heteroatoms. The van der Waals surface area contributed by atoms with Crippen molar-refractivity contribution < 1.29 is 4.79 Å². The lowest BCUT2D eigenvalue weighted by Gasteiger charge is -2.12. The number of hydrazine groups is 1. The number of nitrogens with zero attached hydrogens (tertiary/aromatic N) is 1. The Balaban J connectivity index is 2.94. The molecule has 14 heavy (non-hydrogen) atoms. The first kappa shape index (κ1) is 11.7. The number of benzene rings is 1. The number of halogens is 2. The molecule has 0 unspecified atom stereocenters. The van der Waals surface area contributed by atoms with Crippen LogP contribution >= 0.6 is 34.2 Å². The van der Waals surface area contributed by atoms with E-state index in [1.54, 1.807) is 31.2 Å². The highest BCUT2D eigenvalue weighted by atomic mass is 127. The molecule has 0 saturated heterocycles. The maximum Gasteiger partial charge on any atom is 0.266 e. The van der Waals surface area contributed by atoms with Crippen LogP contribution in [0.2, 0.25) is 5.02 Å². The first-order valence-corrected chi connectivity index (χ1v) is 5.39. The lowest BCUT2D eigenvalue weighted by Crippen LogP contribution is -2.36. The van der Waals surface area contributed by atoms with Crippen LogP contribution in [0.1, 0.15) is 10.4 Å². The van der Waals surface area contributed by atoms with Crippen molar-refractivity contribution in [1.29, 1.82) is 0 Å². The summed E-state index contributed by atoms with van der Waals surface area (Å²) in [5.41, 5.74) is 3.25. The first-order valence-electron chi connectivity index (χ1n) is 3.94. The monoisotopic (exact) mass is 324 g/mol. The van der Waals surface area contributed by atoms with E-state index in [0.29, 0.717) is 10.6 Å². The molecule has 0 spiro atoms. The highest BCUT2D eigenvalue weighted by Crippen LogP contribution is 2.17. The quantitative estimate of drug-likeness (QED) is 0.668. The summed E-state index contributed by atoms with van der Waals surface area (Å²) >= 11 is 7.90. The molecule has 76 valence electrons. The van der Waals surface area contributed by atoms with Crippen LogP contribution in [0.25, 0.3) is 0 Å². The molecule has 1 N–H and O–H groups in total. The van der Waals surface area contributed by atoms with Gasteiger partial charge in [0.15, 0.2) is 0 Å². The molecular formula is C9H10ClIN2O. The van der Waals surface area contributed by atoms with Gasteiger partial charge in [-0.05, 0) is 40.8 Å². The van der Waals surface area contributed by atoms with Gasteiger partial charge in [0, 0.05) is 22.7 Å². The number of hydrogen-bond donors (Lipinski definition) is 1. The predicted octanol–water partition coefficient (Wildman–Crippen LogP) is 2.15. The highest BCUT2D eigenvalue weighted by Gasteiger charge is 2.10. The number of nitrogens with one attached hydrogen (secondary N) is 1. The summed E-state index contributed by atoms with van der Waals surface area (Å²) in [4.78, 5) is 11.6. The normalized spacial score (nSPS) is 10.4. The van der Waals surface area contributed by atoms with Crippen molar-refractivity contribution in [3.05, 3.63) is 32.4 Å². The molecular weight excluding hydrogens is 314 g/mol. The lowest BCUT2D eigenvalue weighted by molar-refractivity contribution is 0.0856. The summed E-state index contributed by atoms with van der Waals surface area (Å²) < 4.78 is 0.881. The van der Waals surface area contributed by atoms with Crippen LogP contribution in [-0.2, 0) is 0 Å². The molecule has 0 aliphatic carbocycles. The van der Waals surface area contributed by atoms with Crippen LogP contribution in [0.4, 0.5) is 0 Å². The molecule has 0 radical (unpaired) electrons. The van der Waals surface area contributed by atoms with E-state index in [-0.39, 0.29) is 5.91 Å². The zero-order valence-corrected chi connectivity index (χ0v) is 10.8. The summed E-state index contributed by atoms with van der Waals surface area (Å²) in [6.07, 6.45) is 0. The largest absolute Gasteiger partial charge is 0.285 e. The summed E-state index contributed by atoms with van der Waals surface area (Å²) in [5, 5.41) is 2.16. The van der Waals surface area contributed by atoms with Gasteiger partial charge in [0.25, 0.3) is 5.91 Å². The predicted molar refractivity (Wildman–Crippen MR) is 65.3 cm³/mol. The van der Waals surface area contributed by atoms with Crippen LogP contribution in [0, 0.1) is 3.57 Å². The van der Waals surface area contributed by atoms with Crippen molar-refractivity contribution in [1.82, 2.24) is 10.4 Å². The minimum Gasteiger partial charge on any atom is -0.285 e. The van der Waals surface area contributed by atoms with E-state index in [1.807, 2.05) is 6.07 Å². The summed E-state index contributed by atoms with van der Waals surface area (Å²) in [5.74, 6) is -0.151. The zero-order valence-electron chi connectivity index (χ0n) is 7.84. The first-order chi connectivity index (χ1) is 6.50. The second kappa shape index (κ2) is 4.95. The number of hydrogen-bond acceptors (Lipinski definition) is 2. The molecule has 1 amide bonds. The Kier molecular flexibility index (Phi) is 4.15. The average molecular weight is 325 g/mol. The molecule has 0 heterocycles. The van der Waals surface area contributed by atoms with Gasteiger partial charge < -0.3 is 0 Å². The minimum absolute atomic E-state index is 0.151. The van der Waals surface area contributed by atoms with Crippen LogP contribution in [0.3, 0.4) is 0 Å². The molecule has 3 nitrogen and oxygen atoms in total. The lowest BCUT2D eigenvalue weighted by atomic mass is 10.2. The zero-order chi connectivity index (χ0) is 10.7. The third kappa shape index (κ3) is 3.11. The van der Waals surface area contributed by atoms with Gasteiger partial charge in [-0.1, -0.05) is 11.6 Å². The van der Waals surface area contributed by atoms with E-state index in [0.717, 1.165) is 3.57 Å². The molecule has 0 aliphatic heterocycles. The van der Waals surface area contributed by atoms with E-state index < -0.39 is 0 Å². The summed E-state index contributed by atoms with van der Waals surface area (Å²) in [7, 11) is 3.52. The molecule has 0 fully saturated rings.